The molecule has 0 amide bonds. The number of ether oxygens (including phenoxy) is 4. The van der Waals surface area contributed by atoms with Crippen molar-refractivity contribution in [3.05, 3.63) is 24.3 Å². The van der Waals surface area contributed by atoms with E-state index < -0.39 is 107 Å². The quantitative estimate of drug-likeness (QED) is 0.198. The van der Waals surface area contributed by atoms with Gasteiger partial charge in [-0.1, -0.05) is 88.0 Å². The molecule has 0 bridgehead atoms. The van der Waals surface area contributed by atoms with E-state index in [1.54, 1.807) is 81.4 Å². The van der Waals surface area contributed by atoms with Crippen LogP contribution in [0.4, 0.5) is 0 Å². The third kappa shape index (κ3) is 8.58. The maximum absolute atomic E-state index is 13.3. The third-order valence-electron chi connectivity index (χ3n) is 9.39. The first-order valence-corrected chi connectivity index (χ1v) is 16.4. The van der Waals surface area contributed by atoms with E-state index in [4.69, 9.17) is 18.9 Å². The van der Waals surface area contributed by atoms with Crippen molar-refractivity contribution in [3.8, 4) is 0 Å². The van der Waals surface area contributed by atoms with Gasteiger partial charge in [-0.15, -0.1) is 0 Å². The van der Waals surface area contributed by atoms with Crippen LogP contribution in [0, 0.1) is 40.9 Å². The molecule has 2 aliphatic carbocycles. The fourth-order valence-corrected chi connectivity index (χ4v) is 6.16. The van der Waals surface area contributed by atoms with Crippen LogP contribution in [0.2, 0.25) is 0 Å². The van der Waals surface area contributed by atoms with Gasteiger partial charge in [0.15, 0.2) is 12.2 Å². The number of carbonyl (C=O) groups excluding carboxylic acids is 4. The Bertz CT molecular complexity index is 1160. The molecule has 11 heteroatoms. The van der Waals surface area contributed by atoms with Crippen LogP contribution in [0.1, 0.15) is 89.0 Å². The van der Waals surface area contributed by atoms with Crippen molar-refractivity contribution in [1.29, 1.82) is 0 Å². The molecule has 3 N–H and O–H groups in total. The van der Waals surface area contributed by atoms with Crippen molar-refractivity contribution < 1.29 is 53.4 Å². The number of fused-ring (bicyclic) bond motifs is 1. The summed E-state index contributed by atoms with van der Waals surface area (Å²) in [6.07, 6.45) is -4.91. The van der Waals surface area contributed by atoms with E-state index in [-0.39, 0.29) is 12.0 Å². The highest BCUT2D eigenvalue weighted by Gasteiger charge is 2.62. The smallest absolute Gasteiger partial charge is 0.309 e. The molecule has 262 valence electrons. The van der Waals surface area contributed by atoms with Crippen molar-refractivity contribution in [2.24, 2.45) is 40.9 Å². The van der Waals surface area contributed by atoms with Crippen LogP contribution in [-0.2, 0) is 38.1 Å². The average molecular weight is 653 g/mol. The van der Waals surface area contributed by atoms with Crippen LogP contribution in [0.3, 0.4) is 0 Å². The zero-order valence-corrected chi connectivity index (χ0v) is 29.3. The molecule has 0 saturated heterocycles. The van der Waals surface area contributed by atoms with Gasteiger partial charge in [0.05, 0.1) is 29.8 Å². The fraction of sp³-hybridized carbons (Fsp3) is 0.771. The van der Waals surface area contributed by atoms with E-state index in [2.05, 4.69) is 6.58 Å². The number of hydrogen-bond donors (Lipinski definition) is 3. The second kappa shape index (κ2) is 15.4. The van der Waals surface area contributed by atoms with E-state index in [1.807, 2.05) is 0 Å². The summed E-state index contributed by atoms with van der Waals surface area (Å²) in [7, 11) is 0. The SMILES string of the molecule is C=C1[C@H](OC(=O)C(C)C)[C@@H](OC(=O)[C@H](C)CC)[C@@H](O)C(C)(C)/C=C/[C@H](C)[C@H](OC(C)=O)[C@@]2(O)C[C@H](C)[C@H](O)[C@@H]2[C@H]1OC(=O)C(C)C. The Morgan fingerprint density at radius 3 is 1.91 bits per heavy atom. The average Bonchev–Trinajstić information content (AvgIpc) is 3.20. The monoisotopic (exact) mass is 652 g/mol. The minimum absolute atomic E-state index is 0.0349. The standard InChI is InChI=1S/C35H56O11/c1-13-19(6)33(41)46-28-27(45-32(40)18(4)5)22(9)26(44-31(39)17(2)3)24-25(37)21(8)16-35(24,42)30(43-23(10)36)20(7)14-15-34(11,12)29(28)38/h14-15,17-21,24-30,37-38,42H,9,13,16H2,1-8,10-12H3/b15-14+/t19-,20+,21+,24-,25+,26+,27+,28-,29-,30+,35-/m1/s1. The molecule has 2 aliphatic rings. The summed E-state index contributed by atoms with van der Waals surface area (Å²) in [6, 6.07) is 0. The normalized spacial score (nSPS) is 36.1. The van der Waals surface area contributed by atoms with Gasteiger partial charge < -0.3 is 34.3 Å². The van der Waals surface area contributed by atoms with Crippen LogP contribution >= 0.6 is 0 Å². The van der Waals surface area contributed by atoms with E-state index >= 15 is 0 Å². The van der Waals surface area contributed by atoms with Gasteiger partial charge in [-0.3, -0.25) is 19.2 Å². The summed E-state index contributed by atoms with van der Waals surface area (Å²) in [6.45, 7) is 22.1. The molecular weight excluding hydrogens is 596 g/mol. The van der Waals surface area contributed by atoms with Crippen LogP contribution in [0.5, 0.6) is 0 Å². The molecule has 11 nitrogen and oxygen atoms in total. The molecule has 0 aliphatic heterocycles. The van der Waals surface area contributed by atoms with E-state index in [1.165, 1.54) is 6.92 Å². The maximum atomic E-state index is 13.3. The summed E-state index contributed by atoms with van der Waals surface area (Å²) in [5, 5.41) is 36.2. The molecule has 0 spiro atoms. The molecule has 46 heavy (non-hydrogen) atoms. The molecule has 0 aromatic heterocycles. The fourth-order valence-electron chi connectivity index (χ4n) is 6.16. The van der Waals surface area contributed by atoms with Crippen LogP contribution in [0.25, 0.3) is 0 Å². The van der Waals surface area contributed by atoms with Gasteiger partial charge >= 0.3 is 23.9 Å². The molecule has 1 saturated carbocycles. The Labute approximate surface area is 273 Å². The summed E-state index contributed by atoms with van der Waals surface area (Å²) in [5.41, 5.74) is -3.22. The summed E-state index contributed by atoms with van der Waals surface area (Å²) in [5.74, 6) is -7.14. The Kier molecular flexibility index (Phi) is 13.2. The van der Waals surface area contributed by atoms with Crippen molar-refractivity contribution >= 4 is 23.9 Å². The lowest BCUT2D eigenvalue weighted by atomic mass is 9.71. The Morgan fingerprint density at radius 1 is 0.913 bits per heavy atom. The van der Waals surface area contributed by atoms with Crippen LogP contribution < -0.4 is 0 Å². The Morgan fingerprint density at radius 2 is 1.43 bits per heavy atom. The van der Waals surface area contributed by atoms with Gasteiger partial charge in [0, 0.05) is 23.8 Å². The van der Waals surface area contributed by atoms with Crippen molar-refractivity contribution in [1.82, 2.24) is 0 Å². The Balaban J connectivity index is 3.03. The molecule has 0 aromatic rings. The summed E-state index contributed by atoms with van der Waals surface area (Å²) >= 11 is 0. The number of rotatable bonds is 8. The third-order valence-corrected chi connectivity index (χ3v) is 9.39. The highest BCUT2D eigenvalue weighted by atomic mass is 16.6. The van der Waals surface area contributed by atoms with Gasteiger partial charge in [0.2, 0.25) is 0 Å². The second-order valence-electron chi connectivity index (χ2n) is 14.5. The topological polar surface area (TPSA) is 166 Å². The minimum Gasteiger partial charge on any atom is -0.459 e. The van der Waals surface area contributed by atoms with E-state index in [9.17, 15) is 34.5 Å². The van der Waals surface area contributed by atoms with Crippen molar-refractivity contribution in [3.63, 3.8) is 0 Å². The number of aliphatic hydroxyl groups is 3. The summed E-state index contributed by atoms with van der Waals surface area (Å²) < 4.78 is 23.7. The molecule has 1 fully saturated rings. The van der Waals surface area contributed by atoms with E-state index in [0.717, 1.165) is 0 Å². The lowest BCUT2D eigenvalue weighted by molar-refractivity contribution is -0.198. The first-order chi connectivity index (χ1) is 21.1. The highest BCUT2D eigenvalue weighted by molar-refractivity contribution is 5.74. The van der Waals surface area contributed by atoms with Gasteiger partial charge in [-0.25, -0.2) is 0 Å². The Hall–Kier alpha value is -2.76. The minimum atomic E-state index is -1.96. The molecule has 0 radical (unpaired) electrons. The molecular formula is C35H56O11. The number of carbonyl (C=O) groups is 4. The molecule has 2 rings (SSSR count). The first kappa shape index (κ1) is 39.4. The molecule has 0 aromatic carbocycles. The number of aliphatic hydroxyl groups excluding tert-OH is 2. The van der Waals surface area contributed by atoms with Gasteiger partial charge in [-0.05, 0) is 18.8 Å². The lowest BCUT2D eigenvalue weighted by Gasteiger charge is -2.46. The molecule has 11 atom stereocenters. The summed E-state index contributed by atoms with van der Waals surface area (Å²) in [4.78, 5) is 52.2. The largest absolute Gasteiger partial charge is 0.459 e. The molecule has 0 heterocycles. The van der Waals surface area contributed by atoms with Gasteiger partial charge in [0.25, 0.3) is 0 Å². The highest BCUT2D eigenvalue weighted by Crippen LogP contribution is 2.50. The second-order valence-corrected chi connectivity index (χ2v) is 14.5. The van der Waals surface area contributed by atoms with Crippen LogP contribution in [-0.4, -0.2) is 81.4 Å². The van der Waals surface area contributed by atoms with E-state index in [0.29, 0.717) is 6.42 Å². The first-order valence-electron chi connectivity index (χ1n) is 16.4. The molecule has 0 unspecified atom stereocenters. The predicted molar refractivity (Wildman–Crippen MR) is 170 cm³/mol. The maximum Gasteiger partial charge on any atom is 0.309 e. The lowest BCUT2D eigenvalue weighted by Crippen LogP contribution is -2.59. The zero-order chi connectivity index (χ0) is 35.5. The number of hydrogen-bond acceptors (Lipinski definition) is 11. The zero-order valence-electron chi connectivity index (χ0n) is 29.3. The van der Waals surface area contributed by atoms with Crippen LogP contribution in [0.15, 0.2) is 24.3 Å². The van der Waals surface area contributed by atoms with Gasteiger partial charge in [-0.2, -0.15) is 0 Å². The number of esters is 4. The predicted octanol–water partition coefficient (Wildman–Crippen LogP) is 3.91. The van der Waals surface area contributed by atoms with Gasteiger partial charge in [0.1, 0.15) is 23.9 Å². The van der Waals surface area contributed by atoms with Crippen molar-refractivity contribution in [2.45, 2.75) is 131 Å². The van der Waals surface area contributed by atoms with Crippen molar-refractivity contribution in [2.75, 3.05) is 0 Å².